The van der Waals surface area contributed by atoms with Crippen LogP contribution in [-0.2, 0) is 0 Å². The van der Waals surface area contributed by atoms with E-state index in [9.17, 15) is 0 Å². The largest absolute Gasteiger partial charge is 0.333 e. The molecule has 0 saturated carbocycles. The van der Waals surface area contributed by atoms with E-state index in [1.165, 1.54) is 5.56 Å². The van der Waals surface area contributed by atoms with Crippen LogP contribution < -0.4 is 5.73 Å². The minimum atomic E-state index is 0.742. The lowest BCUT2D eigenvalue weighted by Gasteiger charge is -1.93. The minimum absolute atomic E-state index is 0.742. The predicted octanol–water partition coefficient (Wildman–Crippen LogP) is 2.31. The van der Waals surface area contributed by atoms with E-state index in [2.05, 4.69) is 29.0 Å². The third kappa shape index (κ3) is 2.52. The van der Waals surface area contributed by atoms with Crippen LogP contribution in [0.4, 0.5) is 0 Å². The number of nitrogens with two attached hydrogens (primary N) is 1. The van der Waals surface area contributed by atoms with Crippen LogP contribution in [0.3, 0.4) is 0 Å². The van der Waals surface area contributed by atoms with Gasteiger partial charge in [0.2, 0.25) is 0 Å². The summed E-state index contributed by atoms with van der Waals surface area (Å²) in [5.74, 6) is 1.02. The summed E-state index contributed by atoms with van der Waals surface area (Å²) in [5, 5.41) is 0.990. The zero-order valence-electron chi connectivity index (χ0n) is 8.79. The van der Waals surface area contributed by atoms with Crippen molar-refractivity contribution in [2.24, 2.45) is 5.73 Å². The van der Waals surface area contributed by atoms with E-state index in [1.807, 2.05) is 6.07 Å². The quantitative estimate of drug-likeness (QED) is 0.615. The van der Waals surface area contributed by atoms with Crippen LogP contribution in [0, 0.1) is 6.92 Å². The lowest BCUT2D eigenvalue weighted by molar-refractivity contribution is 0.938. The van der Waals surface area contributed by atoms with Crippen molar-refractivity contribution < 1.29 is 0 Å². The maximum Gasteiger partial charge on any atom is 0.166 e. The number of thioether (sulfide) groups is 1. The summed E-state index contributed by atoms with van der Waals surface area (Å²) in [6.45, 7) is 2.83. The molecule has 3 nitrogen and oxygen atoms in total. The molecule has 0 bridgehead atoms. The Kier molecular flexibility index (Phi) is 3.28. The van der Waals surface area contributed by atoms with E-state index in [0.717, 1.165) is 34.9 Å². The molecule has 80 valence electrons. The summed E-state index contributed by atoms with van der Waals surface area (Å²) in [4.78, 5) is 7.80. The number of H-pyrrole nitrogens is 1. The highest BCUT2D eigenvalue weighted by molar-refractivity contribution is 7.99. The monoisotopic (exact) mass is 221 g/mol. The number of benzene rings is 1. The topological polar surface area (TPSA) is 54.7 Å². The molecule has 0 aliphatic rings. The first-order valence-corrected chi connectivity index (χ1v) is 6.07. The van der Waals surface area contributed by atoms with Gasteiger partial charge in [-0.3, -0.25) is 0 Å². The van der Waals surface area contributed by atoms with Gasteiger partial charge in [-0.1, -0.05) is 17.8 Å². The average Bonchev–Trinajstić information content (AvgIpc) is 2.60. The van der Waals surface area contributed by atoms with Gasteiger partial charge in [-0.25, -0.2) is 4.98 Å². The van der Waals surface area contributed by atoms with Gasteiger partial charge in [0.25, 0.3) is 0 Å². The maximum absolute atomic E-state index is 5.44. The van der Waals surface area contributed by atoms with Crippen LogP contribution in [0.25, 0.3) is 11.0 Å². The van der Waals surface area contributed by atoms with Gasteiger partial charge in [-0.2, -0.15) is 0 Å². The van der Waals surface area contributed by atoms with Crippen LogP contribution in [0.2, 0.25) is 0 Å². The van der Waals surface area contributed by atoms with E-state index in [1.54, 1.807) is 11.8 Å². The van der Waals surface area contributed by atoms with Gasteiger partial charge in [-0.05, 0) is 37.6 Å². The highest BCUT2D eigenvalue weighted by Crippen LogP contribution is 2.20. The molecule has 15 heavy (non-hydrogen) atoms. The molecule has 0 aliphatic heterocycles. The number of rotatable bonds is 4. The molecule has 0 atom stereocenters. The van der Waals surface area contributed by atoms with Crippen molar-refractivity contribution in [1.82, 2.24) is 9.97 Å². The van der Waals surface area contributed by atoms with E-state index < -0.39 is 0 Å². The van der Waals surface area contributed by atoms with Crippen molar-refractivity contribution in [1.29, 1.82) is 0 Å². The Hall–Kier alpha value is -1.00. The number of aryl methyl sites for hydroxylation is 1. The first kappa shape index (κ1) is 10.5. The third-order valence-electron chi connectivity index (χ3n) is 2.20. The lowest BCUT2D eigenvalue weighted by atomic mass is 10.2. The molecule has 0 unspecified atom stereocenters. The van der Waals surface area contributed by atoms with Gasteiger partial charge >= 0.3 is 0 Å². The van der Waals surface area contributed by atoms with E-state index in [-0.39, 0.29) is 0 Å². The SMILES string of the molecule is Cc1ccc2nc(SCCCN)[nH]c2c1. The number of imidazole rings is 1. The van der Waals surface area contributed by atoms with Gasteiger partial charge in [-0.15, -0.1) is 0 Å². The van der Waals surface area contributed by atoms with Crippen LogP contribution >= 0.6 is 11.8 Å². The maximum atomic E-state index is 5.44. The molecule has 1 aromatic heterocycles. The lowest BCUT2D eigenvalue weighted by Crippen LogP contribution is -1.99. The Morgan fingerprint density at radius 2 is 2.33 bits per heavy atom. The minimum Gasteiger partial charge on any atom is -0.333 e. The molecule has 3 N–H and O–H groups in total. The predicted molar refractivity (Wildman–Crippen MR) is 65.2 cm³/mol. The summed E-state index contributed by atoms with van der Waals surface area (Å²) in [5.41, 5.74) is 8.85. The second-order valence-electron chi connectivity index (χ2n) is 3.55. The Morgan fingerprint density at radius 1 is 1.47 bits per heavy atom. The molecule has 4 heteroatoms. The fourth-order valence-corrected chi connectivity index (χ4v) is 2.27. The zero-order valence-corrected chi connectivity index (χ0v) is 9.60. The van der Waals surface area contributed by atoms with Gasteiger partial charge in [0.05, 0.1) is 11.0 Å². The summed E-state index contributed by atoms with van der Waals surface area (Å²) in [6, 6.07) is 6.25. The number of hydrogen-bond donors (Lipinski definition) is 2. The fourth-order valence-electron chi connectivity index (χ4n) is 1.42. The Labute approximate surface area is 93.5 Å². The Bertz CT molecular complexity index is 450. The summed E-state index contributed by atoms with van der Waals surface area (Å²) >= 11 is 1.73. The number of aromatic amines is 1. The molecule has 1 aromatic carbocycles. The highest BCUT2D eigenvalue weighted by atomic mass is 32.2. The van der Waals surface area contributed by atoms with Crippen molar-refractivity contribution in [3.8, 4) is 0 Å². The molecule has 0 spiro atoms. The standard InChI is InChI=1S/C11H15N3S/c1-8-3-4-9-10(7-8)14-11(13-9)15-6-2-5-12/h3-4,7H,2,5-6,12H2,1H3,(H,13,14). The second-order valence-corrected chi connectivity index (χ2v) is 4.64. The van der Waals surface area contributed by atoms with Gasteiger partial charge in [0.1, 0.15) is 0 Å². The average molecular weight is 221 g/mol. The molecule has 0 aliphatic carbocycles. The highest BCUT2D eigenvalue weighted by Gasteiger charge is 2.02. The molecule has 0 saturated heterocycles. The van der Waals surface area contributed by atoms with Crippen molar-refractivity contribution in [3.63, 3.8) is 0 Å². The first-order valence-electron chi connectivity index (χ1n) is 5.09. The smallest absolute Gasteiger partial charge is 0.166 e. The van der Waals surface area contributed by atoms with Crippen LogP contribution in [0.1, 0.15) is 12.0 Å². The molecular weight excluding hydrogens is 206 g/mol. The Balaban J connectivity index is 2.16. The molecule has 0 radical (unpaired) electrons. The van der Waals surface area contributed by atoms with Crippen LogP contribution in [0.15, 0.2) is 23.4 Å². The van der Waals surface area contributed by atoms with Crippen LogP contribution in [0.5, 0.6) is 0 Å². The number of hydrogen-bond acceptors (Lipinski definition) is 3. The summed E-state index contributed by atoms with van der Waals surface area (Å²) in [6.07, 6.45) is 1.03. The number of nitrogens with one attached hydrogen (secondary N) is 1. The molecule has 2 rings (SSSR count). The van der Waals surface area contributed by atoms with Gasteiger partial charge < -0.3 is 10.7 Å². The fraction of sp³-hybridized carbons (Fsp3) is 0.364. The molecule has 0 fully saturated rings. The van der Waals surface area contributed by atoms with Crippen LogP contribution in [-0.4, -0.2) is 22.3 Å². The van der Waals surface area contributed by atoms with Crippen molar-refractivity contribution in [2.45, 2.75) is 18.5 Å². The number of fused-ring (bicyclic) bond motifs is 1. The normalized spacial score (nSPS) is 11.1. The van der Waals surface area contributed by atoms with E-state index in [4.69, 9.17) is 5.73 Å². The van der Waals surface area contributed by atoms with Crippen molar-refractivity contribution in [2.75, 3.05) is 12.3 Å². The second kappa shape index (κ2) is 4.68. The van der Waals surface area contributed by atoms with Gasteiger partial charge in [0, 0.05) is 5.75 Å². The summed E-state index contributed by atoms with van der Waals surface area (Å²) < 4.78 is 0. The summed E-state index contributed by atoms with van der Waals surface area (Å²) in [7, 11) is 0. The molecule has 1 heterocycles. The van der Waals surface area contributed by atoms with Gasteiger partial charge in [0.15, 0.2) is 5.16 Å². The number of aromatic nitrogens is 2. The molecule has 0 amide bonds. The van der Waals surface area contributed by atoms with Crippen molar-refractivity contribution in [3.05, 3.63) is 23.8 Å². The van der Waals surface area contributed by atoms with E-state index in [0.29, 0.717) is 0 Å². The molecule has 2 aromatic rings. The number of nitrogens with zero attached hydrogens (tertiary/aromatic N) is 1. The Morgan fingerprint density at radius 3 is 3.13 bits per heavy atom. The zero-order chi connectivity index (χ0) is 10.7. The van der Waals surface area contributed by atoms with Crippen molar-refractivity contribution >= 4 is 22.8 Å². The van der Waals surface area contributed by atoms with E-state index >= 15 is 0 Å². The first-order chi connectivity index (χ1) is 7.29. The molecular formula is C11H15N3S. The third-order valence-corrected chi connectivity index (χ3v) is 3.16.